The Bertz CT molecular complexity index is 672. The van der Waals surface area contributed by atoms with Gasteiger partial charge in [-0.1, -0.05) is 23.7 Å². The first kappa shape index (κ1) is 17.5. The highest BCUT2D eigenvalue weighted by Crippen LogP contribution is 2.34. The fourth-order valence-electron chi connectivity index (χ4n) is 3.83. The molecular formula is C19H26ClN3O. The van der Waals surface area contributed by atoms with E-state index in [9.17, 15) is 5.11 Å². The van der Waals surface area contributed by atoms with Crippen molar-refractivity contribution in [1.29, 1.82) is 0 Å². The molecule has 4 nitrogen and oxygen atoms in total. The summed E-state index contributed by atoms with van der Waals surface area (Å²) in [6.45, 7) is 6.09. The molecule has 1 aromatic carbocycles. The molecule has 130 valence electrons. The highest BCUT2D eigenvalue weighted by Gasteiger charge is 2.35. The van der Waals surface area contributed by atoms with Crippen LogP contribution in [0.4, 0.5) is 0 Å². The summed E-state index contributed by atoms with van der Waals surface area (Å²) in [5.41, 5.74) is 1.11. The van der Waals surface area contributed by atoms with E-state index in [0.29, 0.717) is 0 Å². The molecule has 24 heavy (non-hydrogen) atoms. The van der Waals surface area contributed by atoms with Crippen LogP contribution in [0.15, 0.2) is 36.7 Å². The topological polar surface area (TPSA) is 41.3 Å². The Morgan fingerprint density at radius 1 is 1.38 bits per heavy atom. The van der Waals surface area contributed by atoms with E-state index in [2.05, 4.69) is 27.4 Å². The van der Waals surface area contributed by atoms with Gasteiger partial charge < -0.3 is 9.67 Å². The normalized spacial score (nSPS) is 22.0. The van der Waals surface area contributed by atoms with Gasteiger partial charge in [0.15, 0.2) is 0 Å². The monoisotopic (exact) mass is 347 g/mol. The number of imidazole rings is 1. The maximum atomic E-state index is 10.1. The summed E-state index contributed by atoms with van der Waals surface area (Å²) in [5, 5.41) is 10.9. The zero-order valence-electron chi connectivity index (χ0n) is 14.3. The van der Waals surface area contributed by atoms with Gasteiger partial charge in [0, 0.05) is 35.9 Å². The fourth-order valence-corrected chi connectivity index (χ4v) is 4.05. The summed E-state index contributed by atoms with van der Waals surface area (Å²) in [6.07, 6.45) is 6.92. The van der Waals surface area contributed by atoms with Crippen molar-refractivity contribution < 1.29 is 5.11 Å². The largest absolute Gasteiger partial charge is 0.396 e. The Morgan fingerprint density at radius 2 is 2.25 bits per heavy atom. The van der Waals surface area contributed by atoms with Crippen molar-refractivity contribution >= 4 is 11.6 Å². The lowest BCUT2D eigenvalue weighted by Crippen LogP contribution is -2.46. The standard InChI is InChI=1S/C19H26ClN3O/c1-2-23-10-8-21-18(23)13-22-9-4-7-19(14-22,15-24)12-16-5-3-6-17(20)11-16/h3,5-6,8,10-11,24H,2,4,7,9,12-15H2,1H3/t19-/m0/s1. The van der Waals surface area contributed by atoms with E-state index < -0.39 is 0 Å². The van der Waals surface area contributed by atoms with Crippen LogP contribution in [-0.4, -0.2) is 39.3 Å². The molecule has 0 amide bonds. The highest BCUT2D eigenvalue weighted by molar-refractivity contribution is 6.30. The first-order valence-corrected chi connectivity index (χ1v) is 9.09. The average molecular weight is 348 g/mol. The third-order valence-corrected chi connectivity index (χ3v) is 5.29. The molecule has 2 aromatic rings. The Morgan fingerprint density at radius 3 is 3.00 bits per heavy atom. The molecule has 0 spiro atoms. The van der Waals surface area contributed by atoms with Crippen molar-refractivity contribution in [2.45, 2.75) is 39.3 Å². The van der Waals surface area contributed by atoms with Gasteiger partial charge in [-0.3, -0.25) is 4.90 Å². The minimum atomic E-state index is -0.0907. The quantitative estimate of drug-likeness (QED) is 0.871. The predicted molar refractivity (Wildman–Crippen MR) is 97.1 cm³/mol. The van der Waals surface area contributed by atoms with Gasteiger partial charge in [0.1, 0.15) is 5.82 Å². The van der Waals surface area contributed by atoms with Crippen molar-refractivity contribution in [2.24, 2.45) is 5.41 Å². The number of halogens is 1. The van der Waals surface area contributed by atoms with E-state index >= 15 is 0 Å². The maximum Gasteiger partial charge on any atom is 0.122 e. The van der Waals surface area contributed by atoms with E-state index in [-0.39, 0.29) is 12.0 Å². The van der Waals surface area contributed by atoms with Crippen LogP contribution in [0.5, 0.6) is 0 Å². The molecule has 1 aliphatic rings. The van der Waals surface area contributed by atoms with Gasteiger partial charge in [-0.2, -0.15) is 0 Å². The lowest BCUT2D eigenvalue weighted by molar-refractivity contribution is 0.0274. The van der Waals surface area contributed by atoms with Crippen molar-refractivity contribution in [3.63, 3.8) is 0 Å². The number of aromatic nitrogens is 2. The van der Waals surface area contributed by atoms with Crippen molar-refractivity contribution in [1.82, 2.24) is 14.5 Å². The van der Waals surface area contributed by atoms with Crippen LogP contribution < -0.4 is 0 Å². The number of aryl methyl sites for hydroxylation is 1. The summed E-state index contributed by atoms with van der Waals surface area (Å²) in [6, 6.07) is 8.00. The number of rotatable bonds is 6. The molecule has 0 saturated carbocycles. The fraction of sp³-hybridized carbons (Fsp3) is 0.526. The van der Waals surface area contributed by atoms with Crippen LogP contribution in [0.3, 0.4) is 0 Å². The van der Waals surface area contributed by atoms with E-state index in [1.54, 1.807) is 0 Å². The van der Waals surface area contributed by atoms with E-state index in [1.807, 2.05) is 30.6 Å². The summed E-state index contributed by atoms with van der Waals surface area (Å²) >= 11 is 6.12. The molecule has 0 aliphatic carbocycles. The lowest BCUT2D eigenvalue weighted by atomic mass is 9.75. The second-order valence-electron chi connectivity index (χ2n) is 6.91. The number of piperidine rings is 1. The van der Waals surface area contributed by atoms with Crippen LogP contribution in [0.25, 0.3) is 0 Å². The molecule has 1 aromatic heterocycles. The third-order valence-electron chi connectivity index (χ3n) is 5.05. The van der Waals surface area contributed by atoms with Crippen LogP contribution in [0, 0.1) is 5.41 Å². The number of benzene rings is 1. The molecule has 1 atom stereocenters. The molecule has 2 heterocycles. The van der Waals surface area contributed by atoms with Gasteiger partial charge in [-0.05, 0) is 50.4 Å². The molecule has 1 fully saturated rings. The second kappa shape index (κ2) is 7.68. The van der Waals surface area contributed by atoms with Crippen molar-refractivity contribution in [3.05, 3.63) is 53.1 Å². The first-order chi connectivity index (χ1) is 11.6. The maximum absolute atomic E-state index is 10.1. The Labute approximate surface area is 149 Å². The Kier molecular flexibility index (Phi) is 5.59. The molecule has 5 heteroatoms. The Balaban J connectivity index is 1.72. The van der Waals surface area contributed by atoms with Gasteiger partial charge in [-0.15, -0.1) is 0 Å². The van der Waals surface area contributed by atoms with Crippen molar-refractivity contribution in [3.8, 4) is 0 Å². The first-order valence-electron chi connectivity index (χ1n) is 8.72. The summed E-state index contributed by atoms with van der Waals surface area (Å²) in [4.78, 5) is 6.92. The number of nitrogens with zero attached hydrogens (tertiary/aromatic N) is 3. The van der Waals surface area contributed by atoms with Gasteiger partial charge in [0.2, 0.25) is 0 Å². The van der Waals surface area contributed by atoms with Gasteiger partial charge in [0.05, 0.1) is 13.2 Å². The van der Waals surface area contributed by atoms with Gasteiger partial charge in [-0.25, -0.2) is 4.98 Å². The zero-order chi connectivity index (χ0) is 17.0. The minimum Gasteiger partial charge on any atom is -0.396 e. The molecular weight excluding hydrogens is 322 g/mol. The van der Waals surface area contributed by atoms with Crippen LogP contribution in [0.2, 0.25) is 5.02 Å². The molecule has 1 aliphatic heterocycles. The number of hydrogen-bond acceptors (Lipinski definition) is 3. The van der Waals surface area contributed by atoms with Crippen LogP contribution in [0.1, 0.15) is 31.2 Å². The average Bonchev–Trinajstić information content (AvgIpc) is 3.02. The summed E-state index contributed by atoms with van der Waals surface area (Å²) in [7, 11) is 0. The molecule has 0 unspecified atom stereocenters. The third kappa shape index (κ3) is 4.00. The summed E-state index contributed by atoms with van der Waals surface area (Å²) < 4.78 is 2.19. The molecule has 1 N–H and O–H groups in total. The highest BCUT2D eigenvalue weighted by atomic mass is 35.5. The number of aliphatic hydroxyl groups excluding tert-OH is 1. The van der Waals surface area contributed by atoms with Crippen LogP contribution >= 0.6 is 11.6 Å². The Hall–Kier alpha value is -1.36. The molecule has 1 saturated heterocycles. The minimum absolute atomic E-state index is 0.0907. The molecule has 0 radical (unpaired) electrons. The van der Waals surface area contributed by atoms with E-state index in [0.717, 1.165) is 56.3 Å². The van der Waals surface area contributed by atoms with E-state index in [4.69, 9.17) is 11.6 Å². The van der Waals surface area contributed by atoms with Gasteiger partial charge in [0.25, 0.3) is 0 Å². The summed E-state index contributed by atoms with van der Waals surface area (Å²) in [5.74, 6) is 1.11. The lowest BCUT2D eigenvalue weighted by Gasteiger charge is -2.42. The van der Waals surface area contributed by atoms with Gasteiger partial charge >= 0.3 is 0 Å². The zero-order valence-corrected chi connectivity index (χ0v) is 15.0. The molecule has 3 rings (SSSR count). The smallest absolute Gasteiger partial charge is 0.122 e. The number of likely N-dealkylation sites (tertiary alicyclic amines) is 1. The van der Waals surface area contributed by atoms with E-state index in [1.165, 1.54) is 5.56 Å². The SMILES string of the molecule is CCn1ccnc1CN1CCC[C@](CO)(Cc2cccc(Cl)c2)C1. The molecule has 0 bridgehead atoms. The van der Waals surface area contributed by atoms with Crippen LogP contribution in [-0.2, 0) is 19.5 Å². The number of aliphatic hydroxyl groups is 1. The number of hydrogen-bond donors (Lipinski definition) is 1. The van der Waals surface area contributed by atoms with Crippen molar-refractivity contribution in [2.75, 3.05) is 19.7 Å². The predicted octanol–water partition coefficient (Wildman–Crippen LogP) is 3.37. The second-order valence-corrected chi connectivity index (χ2v) is 7.34.